The van der Waals surface area contributed by atoms with Crippen molar-refractivity contribution in [2.45, 2.75) is 205 Å². The molecule has 0 aliphatic heterocycles. The monoisotopic (exact) mass is 625 g/mol. The average molecular weight is 625 g/mol. The molecule has 2 fully saturated rings. The quantitative estimate of drug-likeness (QED) is 0.114. The van der Waals surface area contributed by atoms with Gasteiger partial charge in [-0.15, -0.1) is 0 Å². The third kappa shape index (κ3) is 8.00. The van der Waals surface area contributed by atoms with Gasteiger partial charge in [-0.3, -0.25) is 0 Å². The van der Waals surface area contributed by atoms with Gasteiger partial charge in [0.15, 0.2) is 0 Å². The lowest BCUT2D eigenvalue weighted by atomic mass is 9.55. The van der Waals surface area contributed by atoms with Crippen LogP contribution in [0.3, 0.4) is 0 Å². The van der Waals surface area contributed by atoms with Gasteiger partial charge in [0, 0.05) is 10.8 Å². The van der Waals surface area contributed by atoms with Gasteiger partial charge in [-0.1, -0.05) is 180 Å². The zero-order valence-corrected chi connectivity index (χ0v) is 31.0. The molecule has 0 bridgehead atoms. The smallest absolute Gasteiger partial charge is 0.00616 e. The fourth-order valence-electron chi connectivity index (χ4n) is 10.8. The van der Waals surface area contributed by atoms with E-state index >= 15 is 0 Å². The van der Waals surface area contributed by atoms with Crippen molar-refractivity contribution in [2.75, 3.05) is 0 Å². The molecule has 46 heavy (non-hydrogen) atoms. The lowest BCUT2D eigenvalue weighted by Crippen LogP contribution is -2.43. The first-order valence-corrected chi connectivity index (χ1v) is 20.9. The highest BCUT2D eigenvalue weighted by Gasteiger charge is 2.66. The van der Waals surface area contributed by atoms with Gasteiger partial charge >= 0.3 is 0 Å². The summed E-state index contributed by atoms with van der Waals surface area (Å²) in [5, 5.41) is 0. The van der Waals surface area contributed by atoms with Crippen LogP contribution in [-0.2, 0) is 23.7 Å². The first-order chi connectivity index (χ1) is 22.6. The van der Waals surface area contributed by atoms with E-state index in [4.69, 9.17) is 0 Å². The van der Waals surface area contributed by atoms with E-state index in [-0.39, 0.29) is 0 Å². The van der Waals surface area contributed by atoms with Crippen LogP contribution in [0.2, 0.25) is 0 Å². The molecular weight excluding hydrogens is 553 g/mol. The van der Waals surface area contributed by atoms with Crippen molar-refractivity contribution < 1.29 is 0 Å². The molecule has 2 aromatic carbocycles. The first kappa shape index (κ1) is 35.7. The molecule has 5 rings (SSSR count). The molecule has 0 nitrogen and oxygen atoms in total. The van der Waals surface area contributed by atoms with Gasteiger partial charge in [0.2, 0.25) is 0 Å². The lowest BCUT2D eigenvalue weighted by molar-refractivity contribution is 0.299. The van der Waals surface area contributed by atoms with Crippen molar-refractivity contribution in [3.63, 3.8) is 0 Å². The van der Waals surface area contributed by atoms with Crippen molar-refractivity contribution in [2.24, 2.45) is 11.8 Å². The van der Waals surface area contributed by atoms with E-state index in [0.29, 0.717) is 10.8 Å². The Hall–Kier alpha value is -1.56. The van der Waals surface area contributed by atoms with Crippen LogP contribution < -0.4 is 0 Å². The Labute approximate surface area is 286 Å². The molecular formula is C46H72. The highest BCUT2D eigenvalue weighted by atomic mass is 14.7. The molecule has 0 unspecified atom stereocenters. The Morgan fingerprint density at radius 3 is 1.15 bits per heavy atom. The number of fused-ring (bicyclic) bond motifs is 3. The van der Waals surface area contributed by atoms with Crippen LogP contribution in [0.25, 0.3) is 11.1 Å². The Morgan fingerprint density at radius 2 is 0.783 bits per heavy atom. The number of hydrogen-bond donors (Lipinski definition) is 0. The third-order valence-electron chi connectivity index (χ3n) is 13.0. The second-order valence-corrected chi connectivity index (χ2v) is 16.5. The summed E-state index contributed by atoms with van der Waals surface area (Å²) in [4.78, 5) is 0. The van der Waals surface area contributed by atoms with E-state index in [1.165, 1.54) is 167 Å². The van der Waals surface area contributed by atoms with E-state index in [0.717, 1.165) is 11.8 Å². The third-order valence-corrected chi connectivity index (χ3v) is 13.0. The van der Waals surface area contributed by atoms with Crippen molar-refractivity contribution in [1.82, 2.24) is 0 Å². The Balaban J connectivity index is 1.49. The lowest BCUT2D eigenvalue weighted by Gasteiger charge is -2.48. The SMILES string of the molecule is CCCCCCCC1CC23CC(CCCCCCC)CC2(C1)c1ccc(CCCCCC)cc1-c1cc(CCCCCC)ccc13. The first-order valence-electron chi connectivity index (χ1n) is 20.9. The minimum atomic E-state index is 0.362. The minimum Gasteiger partial charge on any atom is -0.0654 e. The average Bonchev–Trinajstić information content (AvgIpc) is 3.56. The predicted octanol–water partition coefficient (Wildman–Crippen LogP) is 14.6. The van der Waals surface area contributed by atoms with Crippen LogP contribution in [0.4, 0.5) is 0 Å². The molecule has 3 aliphatic rings. The number of rotatable bonds is 22. The van der Waals surface area contributed by atoms with Crippen LogP contribution in [0.15, 0.2) is 36.4 Å². The maximum atomic E-state index is 2.70. The van der Waals surface area contributed by atoms with Crippen LogP contribution in [0.5, 0.6) is 0 Å². The summed E-state index contributed by atoms with van der Waals surface area (Å²) >= 11 is 0. The summed E-state index contributed by atoms with van der Waals surface area (Å²) in [6, 6.07) is 16.0. The Morgan fingerprint density at radius 1 is 0.435 bits per heavy atom. The number of aryl methyl sites for hydroxylation is 2. The molecule has 0 heterocycles. The Bertz CT molecular complexity index is 1080. The molecule has 3 aliphatic carbocycles. The Kier molecular flexibility index (Phi) is 13.8. The van der Waals surface area contributed by atoms with E-state index in [1.807, 2.05) is 0 Å². The molecule has 2 saturated carbocycles. The predicted molar refractivity (Wildman–Crippen MR) is 203 cm³/mol. The molecule has 0 heteroatoms. The molecule has 0 atom stereocenters. The van der Waals surface area contributed by atoms with Gasteiger partial charge in [0.05, 0.1) is 0 Å². The van der Waals surface area contributed by atoms with Crippen molar-refractivity contribution in [3.05, 3.63) is 58.7 Å². The van der Waals surface area contributed by atoms with Crippen molar-refractivity contribution >= 4 is 0 Å². The minimum absolute atomic E-state index is 0.362. The van der Waals surface area contributed by atoms with Crippen LogP contribution in [0.1, 0.15) is 204 Å². The summed E-state index contributed by atoms with van der Waals surface area (Å²) in [5.74, 6) is 1.79. The van der Waals surface area contributed by atoms with Gasteiger partial charge in [-0.25, -0.2) is 0 Å². The maximum absolute atomic E-state index is 2.70. The fourth-order valence-corrected chi connectivity index (χ4v) is 10.8. The highest BCUT2D eigenvalue weighted by molar-refractivity contribution is 5.80. The van der Waals surface area contributed by atoms with E-state index in [1.54, 1.807) is 33.4 Å². The van der Waals surface area contributed by atoms with Gasteiger partial charge in [0.25, 0.3) is 0 Å². The summed E-state index contributed by atoms with van der Waals surface area (Å²) < 4.78 is 0. The van der Waals surface area contributed by atoms with Crippen molar-refractivity contribution in [3.8, 4) is 11.1 Å². The molecule has 0 N–H and O–H groups in total. The van der Waals surface area contributed by atoms with Crippen molar-refractivity contribution in [1.29, 1.82) is 0 Å². The van der Waals surface area contributed by atoms with Gasteiger partial charge in [-0.2, -0.15) is 0 Å². The summed E-state index contributed by atoms with van der Waals surface area (Å²) in [5.41, 5.74) is 10.8. The number of hydrogen-bond acceptors (Lipinski definition) is 0. The number of unbranched alkanes of at least 4 members (excludes halogenated alkanes) is 14. The summed E-state index contributed by atoms with van der Waals surface area (Å²) in [6.45, 7) is 9.37. The summed E-state index contributed by atoms with van der Waals surface area (Å²) in [7, 11) is 0. The molecule has 0 amide bonds. The highest BCUT2D eigenvalue weighted by Crippen LogP contribution is 2.72. The largest absolute Gasteiger partial charge is 0.0654 e. The van der Waals surface area contributed by atoms with Gasteiger partial charge < -0.3 is 0 Å². The van der Waals surface area contributed by atoms with Crippen LogP contribution in [0, 0.1) is 11.8 Å². The van der Waals surface area contributed by atoms with Gasteiger partial charge in [-0.05, 0) is 96.6 Å². The zero-order chi connectivity index (χ0) is 32.2. The van der Waals surface area contributed by atoms with E-state index in [9.17, 15) is 0 Å². The van der Waals surface area contributed by atoms with E-state index < -0.39 is 0 Å². The molecule has 0 radical (unpaired) electrons. The molecule has 0 spiro atoms. The molecule has 0 aromatic heterocycles. The maximum Gasteiger partial charge on any atom is 0.00616 e. The zero-order valence-electron chi connectivity index (χ0n) is 31.0. The summed E-state index contributed by atoms with van der Waals surface area (Å²) in [6.07, 6.45) is 36.3. The van der Waals surface area contributed by atoms with Crippen LogP contribution in [-0.4, -0.2) is 0 Å². The second kappa shape index (κ2) is 17.7. The topological polar surface area (TPSA) is 0 Å². The molecule has 2 aromatic rings. The standard InChI is InChI=1S/C46H72/c1-5-9-13-17-21-25-39-33-45-35-40(26-22-18-14-10-6-2)36-46(45,34-39)44-30-28-38(24-20-16-12-8-4)32-42(44)41-31-37(27-29-43(41)45)23-19-15-11-7-3/h27-32,39-40H,5-26,33-36H2,1-4H3. The fraction of sp³-hybridized carbons (Fsp3) is 0.739. The molecule has 0 saturated heterocycles. The van der Waals surface area contributed by atoms with E-state index in [2.05, 4.69) is 64.1 Å². The van der Waals surface area contributed by atoms with Crippen LogP contribution >= 0.6 is 0 Å². The number of benzene rings is 2. The second-order valence-electron chi connectivity index (χ2n) is 16.5. The van der Waals surface area contributed by atoms with Gasteiger partial charge in [0.1, 0.15) is 0 Å². The molecule has 256 valence electrons. The normalized spacial score (nSPS) is 24.5.